The highest BCUT2D eigenvalue weighted by Crippen LogP contribution is 2.61. The molecule has 29 heavy (non-hydrogen) atoms. The summed E-state index contributed by atoms with van der Waals surface area (Å²) >= 11 is 0. The van der Waals surface area contributed by atoms with Gasteiger partial charge in [-0.3, -0.25) is 4.79 Å². The van der Waals surface area contributed by atoms with Crippen LogP contribution in [0.3, 0.4) is 0 Å². The zero-order valence-electron chi connectivity index (χ0n) is 17.9. The first kappa shape index (κ1) is 19.5. The summed E-state index contributed by atoms with van der Waals surface area (Å²) in [7, 11) is 0. The van der Waals surface area contributed by atoms with Crippen LogP contribution in [0.25, 0.3) is 0 Å². The molecule has 0 aromatic heterocycles. The SMILES string of the molecule is C[C@@]12CC[C@@H]3c4ccc(O)cc4CC[C@@H]3[C@@H]1CC[C@@H]2OC(=O)CCC1CCCC1. The quantitative estimate of drug-likeness (QED) is 0.623. The molecular weight excluding hydrogens is 360 g/mol. The number of hydrogen-bond donors (Lipinski definition) is 1. The van der Waals surface area contributed by atoms with E-state index >= 15 is 0 Å². The Balaban J connectivity index is 1.25. The van der Waals surface area contributed by atoms with Crippen molar-refractivity contribution in [3.05, 3.63) is 29.3 Å². The lowest BCUT2D eigenvalue weighted by molar-refractivity contribution is -0.157. The molecule has 4 aliphatic carbocycles. The van der Waals surface area contributed by atoms with Crippen molar-refractivity contribution in [1.82, 2.24) is 0 Å². The summed E-state index contributed by atoms with van der Waals surface area (Å²) in [5.41, 5.74) is 2.97. The number of rotatable bonds is 4. The molecule has 0 spiro atoms. The number of ether oxygens (including phenoxy) is 1. The Bertz CT molecular complexity index is 765. The lowest BCUT2D eigenvalue weighted by atomic mass is 9.55. The molecule has 3 nitrogen and oxygen atoms in total. The minimum absolute atomic E-state index is 0.0513. The summed E-state index contributed by atoms with van der Waals surface area (Å²) in [6, 6.07) is 6.00. The van der Waals surface area contributed by atoms with E-state index in [1.807, 2.05) is 12.1 Å². The van der Waals surface area contributed by atoms with Crippen LogP contribution >= 0.6 is 0 Å². The number of esters is 1. The van der Waals surface area contributed by atoms with Gasteiger partial charge in [0.2, 0.25) is 0 Å². The lowest BCUT2D eigenvalue weighted by Crippen LogP contribution is -2.45. The fourth-order valence-corrected chi connectivity index (χ4v) is 7.55. The van der Waals surface area contributed by atoms with E-state index in [0.29, 0.717) is 29.9 Å². The van der Waals surface area contributed by atoms with Crippen LogP contribution in [-0.4, -0.2) is 17.2 Å². The van der Waals surface area contributed by atoms with Crippen molar-refractivity contribution in [3.8, 4) is 5.75 Å². The molecule has 3 saturated carbocycles. The molecule has 5 atom stereocenters. The Labute approximate surface area is 175 Å². The van der Waals surface area contributed by atoms with Gasteiger partial charge in [0.05, 0.1) is 0 Å². The Kier molecular flexibility index (Phi) is 5.12. The Morgan fingerprint density at radius 1 is 1.14 bits per heavy atom. The van der Waals surface area contributed by atoms with Gasteiger partial charge < -0.3 is 9.84 Å². The highest BCUT2D eigenvalue weighted by Gasteiger charge is 2.56. The van der Waals surface area contributed by atoms with Gasteiger partial charge in [-0.2, -0.15) is 0 Å². The van der Waals surface area contributed by atoms with Crippen LogP contribution in [0.15, 0.2) is 18.2 Å². The largest absolute Gasteiger partial charge is 0.508 e. The number of aryl methyl sites for hydroxylation is 1. The van der Waals surface area contributed by atoms with Crippen molar-refractivity contribution in [3.63, 3.8) is 0 Å². The van der Waals surface area contributed by atoms with Crippen LogP contribution in [0.2, 0.25) is 0 Å². The van der Waals surface area contributed by atoms with Crippen LogP contribution in [0, 0.1) is 23.2 Å². The number of carbonyl (C=O) groups is 1. The van der Waals surface area contributed by atoms with Crippen LogP contribution in [0.5, 0.6) is 5.75 Å². The number of phenols is 1. The van der Waals surface area contributed by atoms with Crippen molar-refractivity contribution in [2.24, 2.45) is 23.2 Å². The van der Waals surface area contributed by atoms with Gasteiger partial charge in [0.25, 0.3) is 0 Å². The average molecular weight is 397 g/mol. The van der Waals surface area contributed by atoms with Gasteiger partial charge in [-0.15, -0.1) is 0 Å². The predicted octanol–water partition coefficient (Wildman–Crippen LogP) is 6.13. The molecule has 1 aromatic carbocycles. The van der Waals surface area contributed by atoms with E-state index in [1.54, 1.807) is 0 Å². The summed E-state index contributed by atoms with van der Waals surface area (Å²) in [4.78, 5) is 12.6. The zero-order chi connectivity index (χ0) is 20.0. The topological polar surface area (TPSA) is 46.5 Å². The number of benzene rings is 1. The maximum atomic E-state index is 12.6. The Morgan fingerprint density at radius 2 is 1.97 bits per heavy atom. The lowest BCUT2D eigenvalue weighted by Gasteiger charge is -2.50. The second-order valence-corrected chi connectivity index (χ2v) is 10.6. The summed E-state index contributed by atoms with van der Waals surface area (Å²) in [5, 5.41) is 9.86. The monoisotopic (exact) mass is 396 g/mol. The summed E-state index contributed by atoms with van der Waals surface area (Å²) < 4.78 is 6.14. The molecule has 0 aliphatic heterocycles. The van der Waals surface area contributed by atoms with Crippen molar-refractivity contribution in [2.45, 2.75) is 96.0 Å². The third-order valence-corrected chi connectivity index (χ3v) is 9.13. The first-order valence-electron chi connectivity index (χ1n) is 12.1. The predicted molar refractivity (Wildman–Crippen MR) is 114 cm³/mol. The van der Waals surface area contributed by atoms with Gasteiger partial charge in [0.15, 0.2) is 0 Å². The van der Waals surface area contributed by atoms with Crippen molar-refractivity contribution < 1.29 is 14.6 Å². The minimum Gasteiger partial charge on any atom is -0.508 e. The van der Waals surface area contributed by atoms with E-state index in [4.69, 9.17) is 4.74 Å². The van der Waals surface area contributed by atoms with Gasteiger partial charge >= 0.3 is 5.97 Å². The van der Waals surface area contributed by atoms with Gasteiger partial charge in [0.1, 0.15) is 11.9 Å². The van der Waals surface area contributed by atoms with Gasteiger partial charge in [0, 0.05) is 11.8 Å². The first-order chi connectivity index (χ1) is 14.0. The third kappa shape index (κ3) is 3.49. The van der Waals surface area contributed by atoms with E-state index in [-0.39, 0.29) is 17.5 Å². The Morgan fingerprint density at radius 3 is 2.79 bits per heavy atom. The van der Waals surface area contributed by atoms with Crippen LogP contribution in [0.1, 0.15) is 94.6 Å². The Hall–Kier alpha value is -1.51. The molecule has 0 bridgehead atoms. The molecule has 0 saturated heterocycles. The molecule has 1 aromatic rings. The van der Waals surface area contributed by atoms with E-state index in [2.05, 4.69) is 13.0 Å². The summed E-state index contributed by atoms with van der Waals surface area (Å²) in [6.07, 6.45) is 13.9. The molecule has 5 rings (SSSR count). The maximum Gasteiger partial charge on any atom is 0.306 e. The van der Waals surface area contributed by atoms with Crippen molar-refractivity contribution in [1.29, 1.82) is 0 Å². The van der Waals surface area contributed by atoms with E-state index < -0.39 is 0 Å². The van der Waals surface area contributed by atoms with E-state index in [0.717, 1.165) is 31.6 Å². The van der Waals surface area contributed by atoms with Gasteiger partial charge in [-0.25, -0.2) is 0 Å². The molecular formula is C26H36O3. The maximum absolute atomic E-state index is 12.6. The van der Waals surface area contributed by atoms with Crippen LogP contribution in [-0.2, 0) is 16.0 Å². The molecule has 3 heteroatoms. The average Bonchev–Trinajstić information content (AvgIpc) is 3.34. The van der Waals surface area contributed by atoms with Crippen molar-refractivity contribution in [2.75, 3.05) is 0 Å². The second-order valence-electron chi connectivity index (χ2n) is 10.6. The normalized spacial score (nSPS) is 36.3. The molecule has 3 fully saturated rings. The van der Waals surface area contributed by atoms with Gasteiger partial charge in [-0.05, 0) is 91.9 Å². The highest BCUT2D eigenvalue weighted by molar-refractivity contribution is 5.69. The van der Waals surface area contributed by atoms with Crippen LogP contribution < -0.4 is 0 Å². The highest BCUT2D eigenvalue weighted by atomic mass is 16.5. The molecule has 0 radical (unpaired) electrons. The number of aromatic hydroxyl groups is 1. The number of phenolic OH excluding ortho intramolecular Hbond substituents is 1. The minimum atomic E-state index is 0.0513. The fraction of sp³-hybridized carbons (Fsp3) is 0.731. The second kappa shape index (κ2) is 7.63. The smallest absolute Gasteiger partial charge is 0.306 e. The molecule has 0 amide bonds. The summed E-state index contributed by atoms with van der Waals surface area (Å²) in [5.74, 6) is 3.19. The van der Waals surface area contributed by atoms with Crippen molar-refractivity contribution >= 4 is 5.97 Å². The fourth-order valence-electron chi connectivity index (χ4n) is 7.55. The number of carbonyl (C=O) groups excluding carboxylic acids is 1. The van der Waals surface area contributed by atoms with E-state index in [1.165, 1.54) is 56.1 Å². The molecule has 4 aliphatic rings. The molecule has 0 unspecified atom stereocenters. The molecule has 158 valence electrons. The molecule has 1 N–H and O–H groups in total. The standard InChI is InChI=1S/C26H36O3/c1-26-15-14-21-20-10-8-19(27)16-18(20)7-9-22(21)23(26)11-12-24(26)29-25(28)13-6-17-4-2-3-5-17/h8,10,16-17,21-24,27H,2-7,9,11-15H2,1H3/t21-,22+,23+,24+,26-/m1/s1. The first-order valence-corrected chi connectivity index (χ1v) is 12.1. The summed E-state index contributed by atoms with van der Waals surface area (Å²) in [6.45, 7) is 2.40. The van der Waals surface area contributed by atoms with Crippen LogP contribution in [0.4, 0.5) is 0 Å². The number of fused-ring (bicyclic) bond motifs is 5. The van der Waals surface area contributed by atoms with Gasteiger partial charge in [-0.1, -0.05) is 38.7 Å². The molecule has 0 heterocycles. The number of hydrogen-bond acceptors (Lipinski definition) is 3. The van der Waals surface area contributed by atoms with E-state index in [9.17, 15) is 9.90 Å². The third-order valence-electron chi connectivity index (χ3n) is 9.13. The zero-order valence-corrected chi connectivity index (χ0v) is 17.9.